The lowest BCUT2D eigenvalue weighted by molar-refractivity contribution is -0.502. The number of rotatable bonds is 2. The van der Waals surface area contributed by atoms with Crippen molar-refractivity contribution in [2.45, 2.75) is 6.17 Å². The van der Waals surface area contributed by atoms with Gasteiger partial charge in [0, 0.05) is 11.3 Å². The monoisotopic (exact) mass is 325 g/mol. The molecule has 0 saturated carbocycles. The third-order valence-electron chi connectivity index (χ3n) is 4.32. The van der Waals surface area contributed by atoms with Crippen LogP contribution < -0.4 is 4.90 Å². The van der Waals surface area contributed by atoms with Crippen LogP contribution in [0.2, 0.25) is 0 Å². The fraction of sp³-hybridized carbons (Fsp3) is 0.0476. The highest BCUT2D eigenvalue weighted by Crippen LogP contribution is 2.39. The summed E-state index contributed by atoms with van der Waals surface area (Å²) in [6, 6.07) is 27.0. The summed E-state index contributed by atoms with van der Waals surface area (Å²) >= 11 is 0. The highest BCUT2D eigenvalue weighted by molar-refractivity contribution is 5.89. The number of hydroxylamine groups is 1. The van der Waals surface area contributed by atoms with Crippen LogP contribution in [0.25, 0.3) is 0 Å². The van der Waals surface area contributed by atoms with Gasteiger partial charge in [-0.15, -0.1) is 0 Å². The molecule has 1 aliphatic rings. The summed E-state index contributed by atoms with van der Waals surface area (Å²) in [4.78, 5) is 2.01. The fourth-order valence-corrected chi connectivity index (χ4v) is 3.17. The van der Waals surface area contributed by atoms with Gasteiger partial charge >= 0.3 is 0 Å². The molecular weight excluding hydrogens is 310 g/mol. The topological polar surface area (TPSA) is 53.1 Å². The second-order valence-electron chi connectivity index (χ2n) is 5.86. The van der Waals surface area contributed by atoms with Gasteiger partial charge in [0.1, 0.15) is 0 Å². The Hall–Kier alpha value is -3.58. The van der Waals surface area contributed by atoms with Crippen molar-refractivity contribution >= 4 is 17.6 Å². The Balaban J connectivity index is 1.91. The van der Waals surface area contributed by atoms with Gasteiger partial charge in [0.05, 0.1) is 22.9 Å². The molecule has 0 saturated heterocycles. The maximum absolute atomic E-state index is 12.8. The van der Waals surface area contributed by atoms with Crippen LogP contribution in [0, 0.1) is 16.5 Å². The quantitative estimate of drug-likeness (QED) is 0.520. The zero-order valence-corrected chi connectivity index (χ0v) is 13.4. The Morgan fingerprint density at radius 2 is 1.56 bits per heavy atom. The number of fused-ring (bicyclic) bond motifs is 1. The van der Waals surface area contributed by atoms with Crippen LogP contribution in [-0.2, 0) is 0 Å². The second-order valence-corrected chi connectivity index (χ2v) is 5.86. The van der Waals surface area contributed by atoms with Crippen molar-refractivity contribution in [2.24, 2.45) is 0 Å². The van der Waals surface area contributed by atoms with Crippen LogP contribution in [0.15, 0.2) is 78.9 Å². The van der Waals surface area contributed by atoms with Crippen molar-refractivity contribution < 1.29 is 4.74 Å². The molecule has 0 aromatic heterocycles. The smallest absolute Gasteiger partial charge is 0.269 e. The predicted molar refractivity (Wildman–Crippen MR) is 97.7 cm³/mol. The molecule has 1 heterocycles. The number of nitrogens with zero attached hydrogens (tertiary/aromatic N) is 3. The lowest BCUT2D eigenvalue weighted by Gasteiger charge is -2.35. The van der Waals surface area contributed by atoms with Crippen molar-refractivity contribution in [3.63, 3.8) is 0 Å². The van der Waals surface area contributed by atoms with Gasteiger partial charge in [-0.05, 0) is 36.4 Å². The van der Waals surface area contributed by atoms with Crippen molar-refractivity contribution in [1.29, 1.82) is 5.26 Å². The van der Waals surface area contributed by atoms with E-state index in [0.29, 0.717) is 5.56 Å². The van der Waals surface area contributed by atoms with Gasteiger partial charge in [-0.25, -0.2) is 0 Å². The Morgan fingerprint density at radius 3 is 2.28 bits per heavy atom. The summed E-state index contributed by atoms with van der Waals surface area (Å²) in [7, 11) is 0. The van der Waals surface area contributed by atoms with E-state index in [9.17, 15) is 5.21 Å². The van der Waals surface area contributed by atoms with E-state index in [0.717, 1.165) is 27.2 Å². The molecule has 0 radical (unpaired) electrons. The molecule has 4 heteroatoms. The van der Waals surface area contributed by atoms with Gasteiger partial charge in [-0.1, -0.05) is 42.5 Å². The van der Waals surface area contributed by atoms with Gasteiger partial charge in [0.2, 0.25) is 0 Å². The SMILES string of the molecule is N#Cc1ccc(N2c3ccccc3C=[N+]([O-])C2c2ccccc2)cc1. The van der Waals surface area contributed by atoms with Crippen molar-refractivity contribution in [3.05, 3.63) is 101 Å². The minimum absolute atomic E-state index is 0.496. The Labute approximate surface area is 146 Å². The first-order valence-corrected chi connectivity index (χ1v) is 8.01. The molecule has 0 N–H and O–H groups in total. The molecule has 1 aliphatic heterocycles. The maximum atomic E-state index is 12.8. The molecule has 0 amide bonds. The van der Waals surface area contributed by atoms with Crippen molar-refractivity contribution in [2.75, 3.05) is 4.90 Å². The van der Waals surface area contributed by atoms with Crippen LogP contribution in [0.4, 0.5) is 11.4 Å². The van der Waals surface area contributed by atoms with E-state index in [1.807, 2.05) is 71.6 Å². The summed E-state index contributed by atoms with van der Waals surface area (Å²) in [6.07, 6.45) is 1.14. The third kappa shape index (κ3) is 2.62. The maximum Gasteiger partial charge on any atom is 0.269 e. The lowest BCUT2D eigenvalue weighted by Crippen LogP contribution is -2.35. The van der Waals surface area contributed by atoms with E-state index in [4.69, 9.17) is 5.26 Å². The Bertz CT molecular complexity index is 972. The zero-order chi connectivity index (χ0) is 17.2. The van der Waals surface area contributed by atoms with E-state index in [1.54, 1.807) is 18.3 Å². The second kappa shape index (κ2) is 6.14. The van der Waals surface area contributed by atoms with Gasteiger partial charge in [-0.2, -0.15) is 10.0 Å². The predicted octanol–water partition coefficient (Wildman–Crippen LogP) is 4.34. The third-order valence-corrected chi connectivity index (χ3v) is 4.32. The number of para-hydroxylation sites is 1. The molecule has 120 valence electrons. The number of hydrogen-bond acceptors (Lipinski definition) is 3. The number of anilines is 2. The van der Waals surface area contributed by atoms with Gasteiger partial charge < -0.3 is 5.21 Å². The zero-order valence-electron chi connectivity index (χ0n) is 13.4. The fourth-order valence-electron chi connectivity index (χ4n) is 3.17. The minimum atomic E-state index is -0.496. The van der Waals surface area contributed by atoms with E-state index in [2.05, 4.69) is 6.07 Å². The largest absolute Gasteiger partial charge is 0.622 e. The van der Waals surface area contributed by atoms with Gasteiger partial charge in [0.15, 0.2) is 6.21 Å². The minimum Gasteiger partial charge on any atom is -0.622 e. The molecule has 4 nitrogen and oxygen atoms in total. The highest BCUT2D eigenvalue weighted by Gasteiger charge is 2.34. The van der Waals surface area contributed by atoms with E-state index < -0.39 is 6.17 Å². The molecule has 0 bridgehead atoms. The number of benzene rings is 3. The summed E-state index contributed by atoms with van der Waals surface area (Å²) in [5.74, 6) is 0. The van der Waals surface area contributed by atoms with Gasteiger partial charge in [-0.3, -0.25) is 4.90 Å². The lowest BCUT2D eigenvalue weighted by atomic mass is 10.0. The number of nitriles is 1. The van der Waals surface area contributed by atoms with E-state index in [-0.39, 0.29) is 0 Å². The first kappa shape index (κ1) is 15.0. The van der Waals surface area contributed by atoms with Crippen LogP contribution in [0.1, 0.15) is 22.9 Å². The van der Waals surface area contributed by atoms with Crippen molar-refractivity contribution in [1.82, 2.24) is 0 Å². The molecular formula is C21H15N3O. The molecule has 1 unspecified atom stereocenters. The summed E-state index contributed by atoms with van der Waals surface area (Å²) < 4.78 is 0.982. The molecule has 25 heavy (non-hydrogen) atoms. The summed E-state index contributed by atoms with van der Waals surface area (Å²) in [5, 5.41) is 21.9. The van der Waals surface area contributed by atoms with Crippen LogP contribution in [-0.4, -0.2) is 11.0 Å². The van der Waals surface area contributed by atoms with Gasteiger partial charge in [0.25, 0.3) is 6.17 Å². The standard InChI is InChI=1S/C21H15N3O/c22-14-16-10-12-19(13-11-16)24-20-9-5-4-8-18(20)15-23(25)21(24)17-6-2-1-3-7-17/h1-13,15,21H. The highest BCUT2D eigenvalue weighted by atomic mass is 16.5. The Kier molecular flexibility index (Phi) is 3.68. The average molecular weight is 325 g/mol. The molecule has 1 atom stereocenters. The summed E-state index contributed by atoms with van der Waals surface area (Å²) in [6.45, 7) is 0. The average Bonchev–Trinajstić information content (AvgIpc) is 2.67. The molecule has 0 spiro atoms. The Morgan fingerprint density at radius 1 is 0.880 bits per heavy atom. The normalized spacial score (nSPS) is 15.9. The number of hydrogen-bond donors (Lipinski definition) is 0. The van der Waals surface area contributed by atoms with E-state index in [1.165, 1.54) is 0 Å². The van der Waals surface area contributed by atoms with Crippen LogP contribution in [0.3, 0.4) is 0 Å². The molecule has 0 fully saturated rings. The molecule has 4 rings (SSSR count). The summed E-state index contributed by atoms with van der Waals surface area (Å²) in [5.41, 5.74) is 4.21. The molecule has 3 aromatic rings. The first-order chi connectivity index (χ1) is 12.3. The van der Waals surface area contributed by atoms with Crippen LogP contribution >= 0.6 is 0 Å². The molecule has 0 aliphatic carbocycles. The van der Waals surface area contributed by atoms with Crippen molar-refractivity contribution in [3.8, 4) is 6.07 Å². The van der Waals surface area contributed by atoms with E-state index >= 15 is 0 Å². The van der Waals surface area contributed by atoms with Crippen LogP contribution in [0.5, 0.6) is 0 Å². The molecule has 3 aromatic carbocycles. The first-order valence-electron chi connectivity index (χ1n) is 8.01.